The standard InChI is InChI=1S/C13H26N2O/c1-10-6-3-4-8-12(10)15-13(16)9-5-7-11(2)14/h10-12H,3-9,14H2,1-2H3,(H,15,16). The molecule has 0 aromatic heterocycles. The van der Waals surface area contributed by atoms with Crippen LogP contribution >= 0.6 is 0 Å². The molecule has 16 heavy (non-hydrogen) atoms. The van der Waals surface area contributed by atoms with Gasteiger partial charge in [-0.3, -0.25) is 4.79 Å². The van der Waals surface area contributed by atoms with Crippen LogP contribution < -0.4 is 11.1 Å². The van der Waals surface area contributed by atoms with Crippen LogP contribution in [-0.4, -0.2) is 18.0 Å². The van der Waals surface area contributed by atoms with Crippen LogP contribution in [0.3, 0.4) is 0 Å². The second-order valence-electron chi connectivity index (χ2n) is 5.31. The minimum absolute atomic E-state index is 0.208. The Morgan fingerprint density at radius 1 is 1.44 bits per heavy atom. The Kier molecular flexibility index (Phi) is 5.81. The molecule has 3 heteroatoms. The molecule has 0 aliphatic heterocycles. The third-order valence-corrected chi connectivity index (χ3v) is 3.52. The van der Waals surface area contributed by atoms with E-state index in [1.807, 2.05) is 6.92 Å². The summed E-state index contributed by atoms with van der Waals surface area (Å²) in [6.45, 7) is 4.23. The van der Waals surface area contributed by atoms with Crippen molar-refractivity contribution in [1.29, 1.82) is 0 Å². The molecule has 1 aliphatic rings. The van der Waals surface area contributed by atoms with Crippen molar-refractivity contribution < 1.29 is 4.79 Å². The lowest BCUT2D eigenvalue weighted by Crippen LogP contribution is -2.41. The number of nitrogens with one attached hydrogen (secondary N) is 1. The number of nitrogens with two attached hydrogens (primary N) is 1. The van der Waals surface area contributed by atoms with Crippen LogP contribution in [0.1, 0.15) is 58.8 Å². The van der Waals surface area contributed by atoms with Gasteiger partial charge in [0.05, 0.1) is 0 Å². The zero-order valence-electron chi connectivity index (χ0n) is 10.7. The highest BCUT2D eigenvalue weighted by molar-refractivity contribution is 5.76. The van der Waals surface area contributed by atoms with E-state index in [0.29, 0.717) is 18.4 Å². The minimum atomic E-state index is 0.208. The third-order valence-electron chi connectivity index (χ3n) is 3.52. The number of carbonyl (C=O) groups excluding carboxylic acids is 1. The van der Waals surface area contributed by atoms with E-state index in [4.69, 9.17) is 5.73 Å². The Morgan fingerprint density at radius 3 is 2.75 bits per heavy atom. The quantitative estimate of drug-likeness (QED) is 0.755. The first-order valence-corrected chi connectivity index (χ1v) is 6.64. The Bertz CT molecular complexity index is 216. The van der Waals surface area contributed by atoms with Crippen molar-refractivity contribution in [2.75, 3.05) is 0 Å². The van der Waals surface area contributed by atoms with Gasteiger partial charge in [0, 0.05) is 18.5 Å². The van der Waals surface area contributed by atoms with Gasteiger partial charge >= 0.3 is 0 Å². The lowest BCUT2D eigenvalue weighted by atomic mass is 9.86. The summed E-state index contributed by atoms with van der Waals surface area (Å²) in [7, 11) is 0. The normalized spacial score (nSPS) is 27.4. The van der Waals surface area contributed by atoms with Crippen LogP contribution in [0.5, 0.6) is 0 Å². The molecule has 0 radical (unpaired) electrons. The Morgan fingerprint density at radius 2 is 2.12 bits per heavy atom. The molecule has 94 valence electrons. The first-order chi connectivity index (χ1) is 7.59. The topological polar surface area (TPSA) is 55.1 Å². The lowest BCUT2D eigenvalue weighted by molar-refractivity contribution is -0.122. The van der Waals surface area contributed by atoms with E-state index in [0.717, 1.165) is 19.3 Å². The summed E-state index contributed by atoms with van der Waals surface area (Å²) >= 11 is 0. The largest absolute Gasteiger partial charge is 0.353 e. The van der Waals surface area contributed by atoms with Gasteiger partial charge in [-0.25, -0.2) is 0 Å². The molecule has 1 fully saturated rings. The van der Waals surface area contributed by atoms with Gasteiger partial charge < -0.3 is 11.1 Å². The maximum absolute atomic E-state index is 11.7. The van der Waals surface area contributed by atoms with Crippen molar-refractivity contribution in [3.63, 3.8) is 0 Å². The monoisotopic (exact) mass is 226 g/mol. The fraction of sp³-hybridized carbons (Fsp3) is 0.923. The first-order valence-electron chi connectivity index (χ1n) is 6.64. The molecule has 3 unspecified atom stereocenters. The van der Waals surface area contributed by atoms with E-state index in [9.17, 15) is 4.79 Å². The van der Waals surface area contributed by atoms with Gasteiger partial charge in [0.15, 0.2) is 0 Å². The molecule has 0 saturated heterocycles. The molecule has 1 aliphatic carbocycles. The number of hydrogen-bond donors (Lipinski definition) is 2. The van der Waals surface area contributed by atoms with Gasteiger partial charge in [0.2, 0.25) is 5.91 Å². The molecule has 0 bridgehead atoms. The SMILES string of the molecule is CC(N)CCCC(=O)NC1CCCCC1C. The van der Waals surface area contributed by atoms with E-state index in [2.05, 4.69) is 12.2 Å². The average Bonchev–Trinajstić information content (AvgIpc) is 2.21. The van der Waals surface area contributed by atoms with Crippen molar-refractivity contribution in [3.05, 3.63) is 0 Å². The van der Waals surface area contributed by atoms with E-state index >= 15 is 0 Å². The van der Waals surface area contributed by atoms with Crippen molar-refractivity contribution >= 4 is 5.91 Å². The molecular formula is C13H26N2O. The number of amides is 1. The van der Waals surface area contributed by atoms with Crippen LogP contribution in [0.15, 0.2) is 0 Å². The number of carbonyl (C=O) groups is 1. The fourth-order valence-corrected chi connectivity index (χ4v) is 2.39. The molecule has 0 heterocycles. The van der Waals surface area contributed by atoms with E-state index in [1.54, 1.807) is 0 Å². The predicted octanol–water partition coefficient (Wildman–Crippen LogP) is 2.20. The molecule has 3 nitrogen and oxygen atoms in total. The molecule has 1 rings (SSSR count). The maximum atomic E-state index is 11.7. The van der Waals surface area contributed by atoms with Crippen molar-refractivity contribution in [3.8, 4) is 0 Å². The highest BCUT2D eigenvalue weighted by atomic mass is 16.1. The second-order valence-corrected chi connectivity index (χ2v) is 5.31. The summed E-state index contributed by atoms with van der Waals surface area (Å²) in [5.74, 6) is 0.852. The van der Waals surface area contributed by atoms with Crippen LogP contribution in [0.25, 0.3) is 0 Å². The smallest absolute Gasteiger partial charge is 0.220 e. The summed E-state index contributed by atoms with van der Waals surface area (Å²) in [5.41, 5.74) is 5.65. The van der Waals surface area contributed by atoms with Crippen LogP contribution in [0.4, 0.5) is 0 Å². The summed E-state index contributed by atoms with van der Waals surface area (Å²) < 4.78 is 0. The molecule has 3 atom stereocenters. The van der Waals surface area contributed by atoms with Gasteiger partial charge in [-0.05, 0) is 38.5 Å². The molecule has 1 amide bonds. The van der Waals surface area contributed by atoms with Crippen molar-refractivity contribution in [1.82, 2.24) is 5.32 Å². The summed E-state index contributed by atoms with van der Waals surface area (Å²) in [6.07, 6.45) is 7.46. The Labute approximate surface area is 99.2 Å². The summed E-state index contributed by atoms with van der Waals surface area (Å²) in [5, 5.41) is 3.16. The zero-order chi connectivity index (χ0) is 12.0. The Balaban J connectivity index is 2.17. The third kappa shape index (κ3) is 4.97. The molecule has 0 aromatic carbocycles. The molecular weight excluding hydrogens is 200 g/mol. The number of rotatable bonds is 5. The first kappa shape index (κ1) is 13.5. The van der Waals surface area contributed by atoms with Gasteiger partial charge in [-0.15, -0.1) is 0 Å². The van der Waals surface area contributed by atoms with Gasteiger partial charge in [0.1, 0.15) is 0 Å². The highest BCUT2D eigenvalue weighted by Gasteiger charge is 2.22. The van der Waals surface area contributed by atoms with Gasteiger partial charge in [-0.2, -0.15) is 0 Å². The van der Waals surface area contributed by atoms with Crippen LogP contribution in [0, 0.1) is 5.92 Å². The maximum Gasteiger partial charge on any atom is 0.220 e. The zero-order valence-corrected chi connectivity index (χ0v) is 10.7. The minimum Gasteiger partial charge on any atom is -0.353 e. The average molecular weight is 226 g/mol. The lowest BCUT2D eigenvalue weighted by Gasteiger charge is -2.29. The second kappa shape index (κ2) is 6.89. The fourth-order valence-electron chi connectivity index (χ4n) is 2.39. The molecule has 3 N–H and O–H groups in total. The highest BCUT2D eigenvalue weighted by Crippen LogP contribution is 2.23. The van der Waals surface area contributed by atoms with Gasteiger partial charge in [-0.1, -0.05) is 19.8 Å². The molecule has 0 spiro atoms. The van der Waals surface area contributed by atoms with Crippen LogP contribution in [0.2, 0.25) is 0 Å². The van der Waals surface area contributed by atoms with E-state index in [1.165, 1.54) is 19.3 Å². The van der Waals surface area contributed by atoms with Crippen molar-refractivity contribution in [2.45, 2.75) is 70.9 Å². The van der Waals surface area contributed by atoms with Gasteiger partial charge in [0.25, 0.3) is 0 Å². The molecule has 1 saturated carbocycles. The summed E-state index contributed by atoms with van der Waals surface area (Å²) in [4.78, 5) is 11.7. The van der Waals surface area contributed by atoms with E-state index in [-0.39, 0.29) is 11.9 Å². The van der Waals surface area contributed by atoms with Crippen molar-refractivity contribution in [2.24, 2.45) is 11.7 Å². The molecule has 0 aromatic rings. The van der Waals surface area contributed by atoms with E-state index < -0.39 is 0 Å². The predicted molar refractivity (Wildman–Crippen MR) is 67.1 cm³/mol. The Hall–Kier alpha value is -0.570. The number of hydrogen-bond acceptors (Lipinski definition) is 2. The summed E-state index contributed by atoms with van der Waals surface area (Å²) in [6, 6.07) is 0.623. The van der Waals surface area contributed by atoms with Crippen LogP contribution in [-0.2, 0) is 4.79 Å².